The molecule has 0 bridgehead atoms. The number of rotatable bonds is 3. The summed E-state index contributed by atoms with van der Waals surface area (Å²) in [4.78, 5) is 34.6. The molecule has 0 aliphatic carbocycles. The molecule has 1 unspecified atom stereocenters. The number of nitrogens with zero attached hydrogens (tertiary/aromatic N) is 4. The molecule has 0 radical (unpaired) electrons. The Labute approximate surface area is 147 Å². The van der Waals surface area contributed by atoms with Crippen molar-refractivity contribution in [1.82, 2.24) is 14.8 Å². The number of morpholine rings is 1. The lowest BCUT2D eigenvalue weighted by atomic mass is 10.1. The summed E-state index contributed by atoms with van der Waals surface area (Å²) in [5.74, 6) is 0.333. The van der Waals surface area contributed by atoms with Crippen molar-refractivity contribution in [3.05, 3.63) is 23.9 Å². The summed E-state index contributed by atoms with van der Waals surface area (Å²) >= 11 is 0. The van der Waals surface area contributed by atoms with E-state index in [2.05, 4.69) is 9.88 Å². The summed E-state index contributed by atoms with van der Waals surface area (Å²) < 4.78 is 5.37. The van der Waals surface area contributed by atoms with Gasteiger partial charge < -0.3 is 24.5 Å². The molecular weight excluding hydrogens is 324 g/mol. The third kappa shape index (κ3) is 3.91. The predicted octanol–water partition coefficient (Wildman–Crippen LogP) is -0.417. The van der Waals surface area contributed by atoms with Crippen LogP contribution in [-0.2, 0) is 9.53 Å². The fourth-order valence-corrected chi connectivity index (χ4v) is 3.16. The molecule has 1 aromatic rings. The van der Waals surface area contributed by atoms with Gasteiger partial charge in [0.2, 0.25) is 0 Å². The zero-order valence-corrected chi connectivity index (χ0v) is 14.4. The van der Waals surface area contributed by atoms with E-state index in [4.69, 9.17) is 4.74 Å². The maximum absolute atomic E-state index is 12.9. The van der Waals surface area contributed by atoms with Crippen LogP contribution in [0.2, 0.25) is 0 Å². The van der Waals surface area contributed by atoms with Gasteiger partial charge >= 0.3 is 0 Å². The van der Waals surface area contributed by atoms with Gasteiger partial charge in [-0.05, 0) is 19.1 Å². The third-order valence-electron chi connectivity index (χ3n) is 4.56. The van der Waals surface area contributed by atoms with Gasteiger partial charge in [-0.1, -0.05) is 0 Å². The first-order valence-corrected chi connectivity index (χ1v) is 8.62. The van der Waals surface area contributed by atoms with E-state index in [0.717, 1.165) is 0 Å². The number of carbonyl (C=O) groups excluding carboxylic acids is 2. The fourth-order valence-electron chi connectivity index (χ4n) is 3.16. The van der Waals surface area contributed by atoms with E-state index >= 15 is 0 Å². The normalized spacial score (nSPS) is 19.7. The molecule has 0 spiro atoms. The second-order valence-electron chi connectivity index (χ2n) is 6.27. The van der Waals surface area contributed by atoms with Gasteiger partial charge in [0.15, 0.2) is 0 Å². The molecule has 3 rings (SSSR count). The minimum absolute atomic E-state index is 0.0706. The molecule has 136 valence electrons. The van der Waals surface area contributed by atoms with Crippen LogP contribution in [0.3, 0.4) is 0 Å². The number of piperazine rings is 1. The first kappa shape index (κ1) is 17.6. The first-order chi connectivity index (χ1) is 12.1. The van der Waals surface area contributed by atoms with Gasteiger partial charge in [-0.15, -0.1) is 0 Å². The molecule has 1 atom stereocenters. The zero-order valence-electron chi connectivity index (χ0n) is 14.4. The van der Waals surface area contributed by atoms with Crippen LogP contribution in [0, 0.1) is 0 Å². The average Bonchev–Trinajstić information content (AvgIpc) is 2.67. The second-order valence-corrected chi connectivity index (χ2v) is 6.27. The highest BCUT2D eigenvalue weighted by Crippen LogP contribution is 2.21. The minimum atomic E-state index is -1.01. The molecule has 8 nitrogen and oxygen atoms in total. The number of hydrogen-bond donors (Lipinski definition) is 1. The van der Waals surface area contributed by atoms with Crippen molar-refractivity contribution in [2.45, 2.75) is 13.0 Å². The lowest BCUT2D eigenvalue weighted by molar-refractivity contribution is -0.140. The van der Waals surface area contributed by atoms with E-state index in [-0.39, 0.29) is 11.8 Å². The third-order valence-corrected chi connectivity index (χ3v) is 4.56. The molecule has 0 saturated carbocycles. The molecule has 2 aliphatic rings. The molecule has 2 fully saturated rings. The summed E-state index contributed by atoms with van der Waals surface area (Å²) in [6.45, 7) is 5.93. The highest BCUT2D eigenvalue weighted by molar-refractivity contribution is 5.99. The van der Waals surface area contributed by atoms with Crippen molar-refractivity contribution in [1.29, 1.82) is 0 Å². The molecule has 2 amide bonds. The van der Waals surface area contributed by atoms with Crippen molar-refractivity contribution in [3.8, 4) is 0 Å². The quantitative estimate of drug-likeness (QED) is 0.799. The summed E-state index contributed by atoms with van der Waals surface area (Å²) in [6, 6.07) is 3.57. The maximum Gasteiger partial charge on any atom is 0.257 e. The summed E-state index contributed by atoms with van der Waals surface area (Å²) in [5.41, 5.74) is 0.583. The molecule has 2 saturated heterocycles. The molecule has 25 heavy (non-hydrogen) atoms. The number of ether oxygens (including phenoxy) is 1. The second kappa shape index (κ2) is 7.79. The lowest BCUT2D eigenvalue weighted by Crippen LogP contribution is -2.52. The summed E-state index contributed by atoms with van der Waals surface area (Å²) in [6.07, 6.45) is 0.689. The van der Waals surface area contributed by atoms with Crippen LogP contribution in [0.1, 0.15) is 17.3 Å². The number of hydrogen-bond acceptors (Lipinski definition) is 6. The largest absolute Gasteiger partial charge is 0.384 e. The Morgan fingerprint density at radius 2 is 1.76 bits per heavy atom. The molecule has 1 aromatic heterocycles. The van der Waals surface area contributed by atoms with Crippen LogP contribution in [0.5, 0.6) is 0 Å². The van der Waals surface area contributed by atoms with Crippen molar-refractivity contribution in [2.75, 3.05) is 57.4 Å². The van der Waals surface area contributed by atoms with Gasteiger partial charge in [-0.25, -0.2) is 4.98 Å². The standard InChI is InChI=1S/C17H24N4O4/c1-13(22)16(23)20-5-7-21(8-6-20)17(24)14-3-2-4-18-15(14)19-9-11-25-12-10-19/h2-4,13,22H,5-12H2,1H3. The Bertz CT molecular complexity index is 623. The SMILES string of the molecule is CC(O)C(=O)N1CCN(C(=O)c2cccnc2N2CCOCC2)CC1. The molecule has 1 N–H and O–H groups in total. The van der Waals surface area contributed by atoms with E-state index in [0.29, 0.717) is 63.9 Å². The van der Waals surface area contributed by atoms with Gasteiger partial charge in [0.05, 0.1) is 18.8 Å². The maximum atomic E-state index is 12.9. The molecule has 3 heterocycles. The van der Waals surface area contributed by atoms with Crippen LogP contribution < -0.4 is 4.90 Å². The van der Waals surface area contributed by atoms with Crippen LogP contribution in [0.4, 0.5) is 5.82 Å². The summed E-state index contributed by atoms with van der Waals surface area (Å²) in [5, 5.41) is 9.41. The molecule has 8 heteroatoms. The van der Waals surface area contributed by atoms with Crippen molar-refractivity contribution in [3.63, 3.8) is 0 Å². The number of aliphatic hydroxyl groups is 1. The highest BCUT2D eigenvalue weighted by atomic mass is 16.5. The van der Waals surface area contributed by atoms with E-state index in [9.17, 15) is 14.7 Å². The number of amides is 2. The Balaban J connectivity index is 1.69. The van der Waals surface area contributed by atoms with Crippen molar-refractivity contribution >= 4 is 17.6 Å². The topological polar surface area (TPSA) is 86.2 Å². The zero-order chi connectivity index (χ0) is 17.8. The lowest BCUT2D eigenvalue weighted by Gasteiger charge is -2.36. The predicted molar refractivity (Wildman–Crippen MR) is 91.4 cm³/mol. The Morgan fingerprint density at radius 3 is 2.40 bits per heavy atom. The van der Waals surface area contributed by atoms with Crippen molar-refractivity contribution in [2.24, 2.45) is 0 Å². The fraction of sp³-hybridized carbons (Fsp3) is 0.588. The van der Waals surface area contributed by atoms with Gasteiger partial charge in [0.1, 0.15) is 11.9 Å². The Hall–Kier alpha value is -2.19. The van der Waals surface area contributed by atoms with Gasteiger partial charge in [-0.3, -0.25) is 9.59 Å². The molecular formula is C17H24N4O4. The average molecular weight is 348 g/mol. The minimum Gasteiger partial charge on any atom is -0.384 e. The Kier molecular flexibility index (Phi) is 5.50. The number of aliphatic hydroxyl groups excluding tert-OH is 1. The molecule has 2 aliphatic heterocycles. The Morgan fingerprint density at radius 1 is 1.12 bits per heavy atom. The van der Waals surface area contributed by atoms with Crippen LogP contribution >= 0.6 is 0 Å². The number of carbonyl (C=O) groups is 2. The van der Waals surface area contributed by atoms with Gasteiger partial charge in [0, 0.05) is 45.5 Å². The van der Waals surface area contributed by atoms with E-state index in [1.54, 1.807) is 28.1 Å². The number of pyridine rings is 1. The van der Waals surface area contributed by atoms with Gasteiger partial charge in [-0.2, -0.15) is 0 Å². The van der Waals surface area contributed by atoms with Crippen molar-refractivity contribution < 1.29 is 19.4 Å². The van der Waals surface area contributed by atoms with Crippen LogP contribution in [0.15, 0.2) is 18.3 Å². The monoisotopic (exact) mass is 348 g/mol. The smallest absolute Gasteiger partial charge is 0.257 e. The van der Waals surface area contributed by atoms with E-state index in [1.165, 1.54) is 6.92 Å². The van der Waals surface area contributed by atoms with Gasteiger partial charge in [0.25, 0.3) is 11.8 Å². The van der Waals surface area contributed by atoms with Crippen LogP contribution in [-0.4, -0.2) is 90.3 Å². The van der Waals surface area contributed by atoms with E-state index in [1.807, 2.05) is 0 Å². The number of anilines is 1. The number of aromatic nitrogens is 1. The molecule has 0 aromatic carbocycles. The summed E-state index contributed by atoms with van der Waals surface area (Å²) in [7, 11) is 0. The first-order valence-electron chi connectivity index (χ1n) is 8.62. The highest BCUT2D eigenvalue weighted by Gasteiger charge is 2.29. The van der Waals surface area contributed by atoms with E-state index < -0.39 is 6.10 Å². The van der Waals surface area contributed by atoms with Crippen LogP contribution in [0.25, 0.3) is 0 Å².